The summed E-state index contributed by atoms with van der Waals surface area (Å²) in [5.41, 5.74) is 1.08. The van der Waals surface area contributed by atoms with Crippen molar-refractivity contribution in [3.8, 4) is 0 Å². The molecular formula is C15H24N2O4. The van der Waals surface area contributed by atoms with E-state index in [9.17, 15) is 0 Å². The van der Waals surface area contributed by atoms with Crippen LogP contribution in [-0.2, 0) is 18.9 Å². The molecule has 6 nitrogen and oxygen atoms in total. The van der Waals surface area contributed by atoms with Gasteiger partial charge in [0.15, 0.2) is 0 Å². The number of hydrogen-bond donors (Lipinski definition) is 0. The van der Waals surface area contributed by atoms with Gasteiger partial charge in [0.1, 0.15) is 0 Å². The largest absolute Gasteiger partial charge is 0.377 e. The SMILES string of the molecule is c1cncc(N2CCOCCOCCOCCOCC2)c1. The molecule has 118 valence electrons. The molecule has 2 rings (SSSR count). The Balaban J connectivity index is 1.83. The van der Waals surface area contributed by atoms with E-state index in [1.807, 2.05) is 18.3 Å². The molecule has 0 aliphatic carbocycles. The van der Waals surface area contributed by atoms with Crippen molar-refractivity contribution in [2.45, 2.75) is 0 Å². The first-order valence-corrected chi connectivity index (χ1v) is 7.43. The molecule has 0 N–H and O–H groups in total. The maximum absolute atomic E-state index is 5.59. The van der Waals surface area contributed by atoms with Crippen LogP contribution in [0.4, 0.5) is 5.69 Å². The molecule has 0 radical (unpaired) electrons. The van der Waals surface area contributed by atoms with Gasteiger partial charge in [-0.2, -0.15) is 0 Å². The molecule has 2 heterocycles. The predicted octanol–water partition coefficient (Wildman–Crippen LogP) is 0.968. The molecule has 1 aliphatic heterocycles. The van der Waals surface area contributed by atoms with Gasteiger partial charge in [0.25, 0.3) is 0 Å². The fraction of sp³-hybridized carbons (Fsp3) is 0.667. The maximum Gasteiger partial charge on any atom is 0.0701 e. The van der Waals surface area contributed by atoms with Crippen LogP contribution in [-0.4, -0.2) is 70.9 Å². The molecule has 0 bridgehead atoms. The lowest BCUT2D eigenvalue weighted by atomic mass is 10.3. The van der Waals surface area contributed by atoms with Crippen molar-refractivity contribution < 1.29 is 18.9 Å². The second-order valence-electron chi connectivity index (χ2n) is 4.65. The van der Waals surface area contributed by atoms with Crippen molar-refractivity contribution >= 4 is 5.69 Å². The fourth-order valence-corrected chi connectivity index (χ4v) is 2.02. The number of hydrogen-bond acceptors (Lipinski definition) is 6. The minimum atomic E-state index is 0.602. The lowest BCUT2D eigenvalue weighted by Gasteiger charge is -2.24. The normalized spacial score (nSPS) is 20.5. The Hall–Kier alpha value is -1.21. The Morgan fingerprint density at radius 1 is 0.762 bits per heavy atom. The van der Waals surface area contributed by atoms with Crippen molar-refractivity contribution in [3.63, 3.8) is 0 Å². The molecule has 1 aliphatic rings. The molecular weight excluding hydrogens is 272 g/mol. The van der Waals surface area contributed by atoms with Gasteiger partial charge in [-0.3, -0.25) is 4.98 Å². The Morgan fingerprint density at radius 2 is 1.29 bits per heavy atom. The van der Waals surface area contributed by atoms with Gasteiger partial charge in [0, 0.05) is 19.3 Å². The lowest BCUT2D eigenvalue weighted by Crippen LogP contribution is -2.31. The average Bonchev–Trinajstić information content (AvgIpc) is 2.54. The smallest absolute Gasteiger partial charge is 0.0701 e. The van der Waals surface area contributed by atoms with Crippen molar-refractivity contribution in [2.24, 2.45) is 0 Å². The number of pyridine rings is 1. The minimum absolute atomic E-state index is 0.602. The molecule has 0 spiro atoms. The van der Waals surface area contributed by atoms with Crippen LogP contribution in [0.2, 0.25) is 0 Å². The molecule has 1 aromatic heterocycles. The molecule has 1 fully saturated rings. The Morgan fingerprint density at radius 3 is 1.76 bits per heavy atom. The van der Waals surface area contributed by atoms with Gasteiger partial charge in [0.2, 0.25) is 0 Å². The van der Waals surface area contributed by atoms with E-state index >= 15 is 0 Å². The molecule has 6 heteroatoms. The Kier molecular flexibility index (Phi) is 8.09. The molecule has 1 aromatic rings. The summed E-state index contributed by atoms with van der Waals surface area (Å²) >= 11 is 0. The highest BCUT2D eigenvalue weighted by atomic mass is 16.6. The number of rotatable bonds is 1. The van der Waals surface area contributed by atoms with Gasteiger partial charge in [-0.15, -0.1) is 0 Å². The van der Waals surface area contributed by atoms with Gasteiger partial charge in [0.05, 0.1) is 64.7 Å². The summed E-state index contributed by atoms with van der Waals surface area (Å²) in [6.45, 7) is 6.57. The number of nitrogens with zero attached hydrogens (tertiary/aromatic N) is 2. The Labute approximate surface area is 126 Å². The minimum Gasteiger partial charge on any atom is -0.377 e. The van der Waals surface area contributed by atoms with Crippen LogP contribution in [0.5, 0.6) is 0 Å². The van der Waals surface area contributed by atoms with Crippen LogP contribution in [0, 0.1) is 0 Å². The van der Waals surface area contributed by atoms with Crippen LogP contribution < -0.4 is 4.90 Å². The van der Waals surface area contributed by atoms with E-state index in [1.54, 1.807) is 6.20 Å². The highest BCUT2D eigenvalue weighted by Crippen LogP contribution is 2.10. The quantitative estimate of drug-likeness (QED) is 0.770. The summed E-state index contributed by atoms with van der Waals surface area (Å²) in [4.78, 5) is 6.38. The van der Waals surface area contributed by atoms with Gasteiger partial charge in [-0.25, -0.2) is 0 Å². The predicted molar refractivity (Wildman–Crippen MR) is 79.7 cm³/mol. The van der Waals surface area contributed by atoms with Crippen molar-refractivity contribution in [3.05, 3.63) is 24.5 Å². The van der Waals surface area contributed by atoms with Gasteiger partial charge < -0.3 is 23.8 Å². The van der Waals surface area contributed by atoms with E-state index in [2.05, 4.69) is 9.88 Å². The topological polar surface area (TPSA) is 53.1 Å². The van der Waals surface area contributed by atoms with Crippen LogP contribution in [0.15, 0.2) is 24.5 Å². The third kappa shape index (κ3) is 6.86. The van der Waals surface area contributed by atoms with Gasteiger partial charge in [-0.05, 0) is 12.1 Å². The molecule has 21 heavy (non-hydrogen) atoms. The molecule has 0 amide bonds. The second-order valence-corrected chi connectivity index (χ2v) is 4.65. The summed E-state index contributed by atoms with van der Waals surface area (Å²) in [6.07, 6.45) is 3.64. The third-order valence-electron chi connectivity index (χ3n) is 3.14. The van der Waals surface area contributed by atoms with Crippen molar-refractivity contribution in [2.75, 3.05) is 70.8 Å². The number of aromatic nitrogens is 1. The number of ether oxygens (including phenoxy) is 4. The monoisotopic (exact) mass is 296 g/mol. The van der Waals surface area contributed by atoms with E-state index < -0.39 is 0 Å². The van der Waals surface area contributed by atoms with Crippen LogP contribution in [0.25, 0.3) is 0 Å². The summed E-state index contributed by atoms with van der Waals surface area (Å²) in [5.74, 6) is 0. The van der Waals surface area contributed by atoms with Crippen LogP contribution in [0.3, 0.4) is 0 Å². The van der Waals surface area contributed by atoms with Crippen LogP contribution >= 0.6 is 0 Å². The highest BCUT2D eigenvalue weighted by Gasteiger charge is 2.07. The molecule has 0 unspecified atom stereocenters. The standard InChI is InChI=1S/C15H24N2O4/c1-2-15(14-16-3-1)17-4-6-18-8-10-20-12-13-21-11-9-19-7-5-17/h1-3,14H,4-13H2. The van der Waals surface area contributed by atoms with Gasteiger partial charge in [-0.1, -0.05) is 0 Å². The van der Waals surface area contributed by atoms with E-state index in [0.29, 0.717) is 52.9 Å². The van der Waals surface area contributed by atoms with E-state index in [4.69, 9.17) is 18.9 Å². The Bertz CT molecular complexity index is 348. The summed E-state index contributed by atoms with van der Waals surface area (Å²) in [7, 11) is 0. The molecule has 1 saturated heterocycles. The third-order valence-corrected chi connectivity index (χ3v) is 3.14. The van der Waals surface area contributed by atoms with E-state index in [-0.39, 0.29) is 0 Å². The van der Waals surface area contributed by atoms with Gasteiger partial charge >= 0.3 is 0 Å². The summed E-state index contributed by atoms with van der Waals surface area (Å²) in [5, 5.41) is 0. The fourth-order valence-electron chi connectivity index (χ4n) is 2.02. The summed E-state index contributed by atoms with van der Waals surface area (Å²) in [6, 6.07) is 3.99. The maximum atomic E-state index is 5.59. The van der Waals surface area contributed by atoms with Crippen molar-refractivity contribution in [1.29, 1.82) is 0 Å². The first-order chi connectivity index (χ1) is 10.5. The first kappa shape index (κ1) is 16.2. The van der Waals surface area contributed by atoms with E-state index in [1.165, 1.54) is 0 Å². The summed E-state index contributed by atoms with van der Waals surface area (Å²) < 4.78 is 22.0. The first-order valence-electron chi connectivity index (χ1n) is 7.43. The number of anilines is 1. The van der Waals surface area contributed by atoms with E-state index in [0.717, 1.165) is 18.8 Å². The zero-order valence-corrected chi connectivity index (χ0v) is 12.4. The zero-order chi connectivity index (χ0) is 14.6. The lowest BCUT2D eigenvalue weighted by molar-refractivity contribution is 0.00206. The zero-order valence-electron chi connectivity index (χ0n) is 12.4. The highest BCUT2D eigenvalue weighted by molar-refractivity contribution is 5.43. The van der Waals surface area contributed by atoms with Crippen molar-refractivity contribution in [1.82, 2.24) is 4.98 Å². The molecule has 0 aromatic carbocycles. The molecule has 0 atom stereocenters. The second kappa shape index (κ2) is 10.5. The average molecular weight is 296 g/mol. The van der Waals surface area contributed by atoms with Crippen LogP contribution in [0.1, 0.15) is 0 Å². The molecule has 0 saturated carbocycles.